The molecule has 3 N–H and O–H groups in total. The van der Waals surface area contributed by atoms with Gasteiger partial charge in [0.2, 0.25) is 5.91 Å². The molecule has 0 radical (unpaired) electrons. The second kappa shape index (κ2) is 8.49. The Kier molecular flexibility index (Phi) is 6.10. The summed E-state index contributed by atoms with van der Waals surface area (Å²) in [6, 6.07) is 10.8. The normalized spacial score (nSPS) is 25.0. The first-order valence-electron chi connectivity index (χ1n) is 9.28. The fourth-order valence-electron chi connectivity index (χ4n) is 3.78. The molecule has 1 saturated carbocycles. The van der Waals surface area contributed by atoms with Gasteiger partial charge in [0.15, 0.2) is 0 Å². The number of benzene rings is 1. The molecule has 2 atom stereocenters. The van der Waals surface area contributed by atoms with Crippen LogP contribution >= 0.6 is 0 Å². The molecule has 0 spiro atoms. The second-order valence-corrected chi connectivity index (χ2v) is 7.08. The lowest BCUT2D eigenvalue weighted by molar-refractivity contribution is -0.124. The fraction of sp³-hybridized carbons (Fsp3) is 0.632. The lowest BCUT2D eigenvalue weighted by Gasteiger charge is -2.36. The molecule has 2 aliphatic rings. The quantitative estimate of drug-likeness (QED) is 0.775. The number of nitrogens with zero attached hydrogens (tertiary/aromatic N) is 2. The Labute approximate surface area is 145 Å². The Morgan fingerprint density at radius 2 is 1.88 bits per heavy atom. The van der Waals surface area contributed by atoms with Gasteiger partial charge >= 0.3 is 0 Å². The predicted octanol–water partition coefficient (Wildman–Crippen LogP) is 1.44. The van der Waals surface area contributed by atoms with Gasteiger partial charge in [0.05, 0.1) is 0 Å². The van der Waals surface area contributed by atoms with Crippen molar-refractivity contribution in [1.29, 1.82) is 0 Å². The van der Waals surface area contributed by atoms with Crippen molar-refractivity contribution in [2.75, 3.05) is 44.2 Å². The van der Waals surface area contributed by atoms with Gasteiger partial charge in [0, 0.05) is 50.4 Å². The van der Waals surface area contributed by atoms with Crippen molar-refractivity contribution in [2.24, 2.45) is 11.7 Å². The van der Waals surface area contributed by atoms with Crippen LogP contribution in [0.5, 0.6) is 0 Å². The highest BCUT2D eigenvalue weighted by Gasteiger charge is 2.27. The highest BCUT2D eigenvalue weighted by Crippen LogP contribution is 2.24. The fourth-order valence-corrected chi connectivity index (χ4v) is 3.78. The van der Waals surface area contributed by atoms with Gasteiger partial charge in [-0.25, -0.2) is 0 Å². The van der Waals surface area contributed by atoms with Gasteiger partial charge in [-0.2, -0.15) is 0 Å². The van der Waals surface area contributed by atoms with E-state index in [0.29, 0.717) is 0 Å². The number of hydrogen-bond acceptors (Lipinski definition) is 4. The number of hydrogen-bond donors (Lipinski definition) is 2. The summed E-state index contributed by atoms with van der Waals surface area (Å²) in [7, 11) is 0. The van der Waals surface area contributed by atoms with Crippen molar-refractivity contribution in [3.63, 3.8) is 0 Å². The van der Waals surface area contributed by atoms with E-state index in [0.717, 1.165) is 65.0 Å². The summed E-state index contributed by atoms with van der Waals surface area (Å²) in [6.07, 6.45) is 3.82. The van der Waals surface area contributed by atoms with Crippen molar-refractivity contribution in [3.8, 4) is 0 Å². The Morgan fingerprint density at radius 3 is 2.54 bits per heavy atom. The molecule has 1 heterocycles. The van der Waals surface area contributed by atoms with Crippen LogP contribution in [0, 0.1) is 5.92 Å². The maximum atomic E-state index is 12.1. The van der Waals surface area contributed by atoms with Gasteiger partial charge in [-0.1, -0.05) is 18.2 Å². The number of carbonyl (C=O) groups excluding carboxylic acids is 1. The predicted molar refractivity (Wildman–Crippen MR) is 98.0 cm³/mol. The van der Waals surface area contributed by atoms with Crippen LogP contribution < -0.4 is 16.0 Å². The van der Waals surface area contributed by atoms with Crippen molar-refractivity contribution in [1.82, 2.24) is 10.2 Å². The number of carbonyl (C=O) groups is 1. The molecule has 2 unspecified atom stereocenters. The third-order valence-corrected chi connectivity index (χ3v) is 5.29. The Balaban J connectivity index is 1.29. The maximum absolute atomic E-state index is 12.1. The average Bonchev–Trinajstić information content (AvgIpc) is 3.06. The molecule has 1 aliphatic carbocycles. The van der Waals surface area contributed by atoms with E-state index >= 15 is 0 Å². The minimum Gasteiger partial charge on any atom is -0.369 e. The molecule has 5 nitrogen and oxygen atoms in total. The summed E-state index contributed by atoms with van der Waals surface area (Å²) in [5.74, 6) is 0.353. The number of rotatable bonds is 6. The first-order chi connectivity index (χ1) is 11.7. The molecule has 0 aromatic heterocycles. The van der Waals surface area contributed by atoms with Crippen molar-refractivity contribution >= 4 is 11.6 Å². The summed E-state index contributed by atoms with van der Waals surface area (Å²) >= 11 is 0. The van der Waals surface area contributed by atoms with Gasteiger partial charge < -0.3 is 16.0 Å². The van der Waals surface area contributed by atoms with Gasteiger partial charge in [-0.15, -0.1) is 0 Å². The van der Waals surface area contributed by atoms with Crippen molar-refractivity contribution in [2.45, 2.75) is 31.7 Å². The SMILES string of the molecule is NC1CCC(C(=O)NCCCN2CCN(c3ccccc3)CC2)C1. The average molecular weight is 330 g/mol. The van der Waals surface area contributed by atoms with E-state index in [1.807, 2.05) is 0 Å². The van der Waals surface area contributed by atoms with Crippen LogP contribution in [0.15, 0.2) is 30.3 Å². The molecule has 132 valence electrons. The zero-order chi connectivity index (χ0) is 16.8. The van der Waals surface area contributed by atoms with Crippen LogP contribution in [0.4, 0.5) is 5.69 Å². The number of para-hydroxylation sites is 1. The van der Waals surface area contributed by atoms with Gasteiger partial charge in [-0.3, -0.25) is 9.69 Å². The number of anilines is 1. The third kappa shape index (κ3) is 4.71. The van der Waals surface area contributed by atoms with E-state index in [-0.39, 0.29) is 17.9 Å². The topological polar surface area (TPSA) is 61.6 Å². The molecule has 5 heteroatoms. The zero-order valence-corrected chi connectivity index (χ0v) is 14.5. The van der Waals surface area contributed by atoms with Crippen LogP contribution in [0.25, 0.3) is 0 Å². The standard InChI is InChI=1S/C19H30N4O/c20-17-8-7-16(15-17)19(24)21-9-4-10-22-11-13-23(14-12-22)18-5-2-1-3-6-18/h1-3,5-6,16-17H,4,7-15,20H2,(H,21,24). The lowest BCUT2D eigenvalue weighted by Crippen LogP contribution is -2.47. The van der Waals surface area contributed by atoms with E-state index in [1.54, 1.807) is 0 Å². The van der Waals surface area contributed by atoms with E-state index in [4.69, 9.17) is 5.73 Å². The molecule has 1 aliphatic heterocycles. The van der Waals surface area contributed by atoms with Crippen LogP contribution in [-0.4, -0.2) is 56.1 Å². The number of nitrogens with one attached hydrogen (secondary N) is 1. The molecule has 1 aromatic rings. The van der Waals surface area contributed by atoms with Gasteiger partial charge in [0.1, 0.15) is 0 Å². The van der Waals surface area contributed by atoms with Gasteiger partial charge in [-0.05, 0) is 44.4 Å². The third-order valence-electron chi connectivity index (χ3n) is 5.29. The lowest BCUT2D eigenvalue weighted by atomic mass is 10.1. The van der Waals surface area contributed by atoms with Crippen LogP contribution in [0.2, 0.25) is 0 Å². The maximum Gasteiger partial charge on any atom is 0.223 e. The highest BCUT2D eigenvalue weighted by molar-refractivity contribution is 5.78. The molecule has 0 bridgehead atoms. The molecular formula is C19H30N4O. The minimum atomic E-state index is 0.148. The Bertz CT molecular complexity index is 513. The first-order valence-corrected chi connectivity index (χ1v) is 9.28. The molecule has 2 fully saturated rings. The van der Waals surface area contributed by atoms with E-state index < -0.39 is 0 Å². The largest absolute Gasteiger partial charge is 0.369 e. The van der Waals surface area contributed by atoms with Crippen molar-refractivity contribution < 1.29 is 4.79 Å². The molecule has 1 amide bonds. The Hall–Kier alpha value is -1.59. The summed E-state index contributed by atoms with van der Waals surface area (Å²) in [6.45, 7) is 6.20. The molecule has 1 aromatic carbocycles. The van der Waals surface area contributed by atoms with Crippen molar-refractivity contribution in [3.05, 3.63) is 30.3 Å². The highest BCUT2D eigenvalue weighted by atomic mass is 16.1. The summed E-state index contributed by atoms with van der Waals surface area (Å²) in [4.78, 5) is 17.0. The zero-order valence-electron chi connectivity index (χ0n) is 14.5. The smallest absolute Gasteiger partial charge is 0.223 e. The van der Waals surface area contributed by atoms with E-state index in [1.165, 1.54) is 5.69 Å². The van der Waals surface area contributed by atoms with E-state index in [2.05, 4.69) is 45.4 Å². The minimum absolute atomic E-state index is 0.148. The summed E-state index contributed by atoms with van der Waals surface area (Å²) < 4.78 is 0. The summed E-state index contributed by atoms with van der Waals surface area (Å²) in [5.41, 5.74) is 7.20. The first kappa shape index (κ1) is 17.2. The van der Waals surface area contributed by atoms with Gasteiger partial charge in [0.25, 0.3) is 0 Å². The summed E-state index contributed by atoms with van der Waals surface area (Å²) in [5, 5.41) is 3.09. The Morgan fingerprint density at radius 1 is 1.12 bits per heavy atom. The molecule has 1 saturated heterocycles. The van der Waals surface area contributed by atoms with Crippen LogP contribution in [-0.2, 0) is 4.79 Å². The molecule has 24 heavy (non-hydrogen) atoms. The number of piperazine rings is 1. The number of amides is 1. The number of nitrogens with two attached hydrogens (primary N) is 1. The molecule has 3 rings (SSSR count). The van der Waals surface area contributed by atoms with E-state index in [9.17, 15) is 4.79 Å². The molecular weight excluding hydrogens is 300 g/mol. The monoisotopic (exact) mass is 330 g/mol. The second-order valence-electron chi connectivity index (χ2n) is 7.08. The van der Waals surface area contributed by atoms with Crippen LogP contribution in [0.3, 0.4) is 0 Å². The van der Waals surface area contributed by atoms with Crippen LogP contribution in [0.1, 0.15) is 25.7 Å².